The summed E-state index contributed by atoms with van der Waals surface area (Å²) in [5.74, 6) is 1.42. The minimum absolute atomic E-state index is 0.148. The van der Waals surface area contributed by atoms with Crippen molar-refractivity contribution in [3.8, 4) is 11.5 Å². The third-order valence-corrected chi connectivity index (χ3v) is 4.13. The third kappa shape index (κ3) is 4.63. The Balaban J connectivity index is 2.12. The largest absolute Gasteiger partial charge is 0.504 e. The van der Waals surface area contributed by atoms with E-state index in [9.17, 15) is 5.11 Å². The number of rotatable bonds is 6. The molecule has 0 fully saturated rings. The maximum absolute atomic E-state index is 10.2. The average molecular weight is 333 g/mol. The first-order chi connectivity index (χ1) is 11.2. The van der Waals surface area contributed by atoms with Crippen molar-refractivity contribution < 1.29 is 9.84 Å². The van der Waals surface area contributed by atoms with Crippen molar-refractivity contribution in [1.29, 1.82) is 0 Å². The van der Waals surface area contributed by atoms with Crippen LogP contribution in [0.25, 0.3) is 0 Å². The first-order valence-corrected chi connectivity index (χ1v) is 8.45. The van der Waals surface area contributed by atoms with E-state index in [1.54, 1.807) is 24.5 Å². The van der Waals surface area contributed by atoms with Crippen molar-refractivity contribution in [2.24, 2.45) is 4.99 Å². The number of hydrogen-bond acceptors (Lipinski definition) is 4. The molecule has 5 nitrogen and oxygen atoms in total. The van der Waals surface area contributed by atoms with E-state index in [2.05, 4.69) is 32.0 Å². The summed E-state index contributed by atoms with van der Waals surface area (Å²) in [5, 5.41) is 17.6. The maximum Gasteiger partial charge on any atom is 0.194 e. The highest BCUT2D eigenvalue weighted by molar-refractivity contribution is 7.07. The summed E-state index contributed by atoms with van der Waals surface area (Å²) < 4.78 is 5.13. The van der Waals surface area contributed by atoms with Gasteiger partial charge in [-0.25, -0.2) is 4.99 Å². The molecule has 0 amide bonds. The highest BCUT2D eigenvalue weighted by atomic mass is 32.1. The lowest BCUT2D eigenvalue weighted by atomic mass is 10.2. The van der Waals surface area contributed by atoms with E-state index in [1.165, 1.54) is 5.56 Å². The Labute approximate surface area is 141 Å². The number of nitrogens with one attached hydrogen (secondary N) is 1. The van der Waals surface area contributed by atoms with Gasteiger partial charge in [0.1, 0.15) is 0 Å². The lowest BCUT2D eigenvalue weighted by Crippen LogP contribution is -2.38. The highest BCUT2D eigenvalue weighted by Gasteiger charge is 2.09. The summed E-state index contributed by atoms with van der Waals surface area (Å²) in [5.41, 5.74) is 2.00. The first-order valence-electron chi connectivity index (χ1n) is 7.51. The number of methoxy groups -OCH3 is 1. The minimum atomic E-state index is 0.148. The van der Waals surface area contributed by atoms with Crippen LogP contribution in [0, 0.1) is 0 Å². The second-order valence-electron chi connectivity index (χ2n) is 5.13. The molecule has 1 aromatic carbocycles. The molecule has 0 aliphatic rings. The van der Waals surface area contributed by atoms with Crippen LogP contribution >= 0.6 is 11.3 Å². The summed E-state index contributed by atoms with van der Waals surface area (Å²) in [6.45, 7) is 4.01. The Kier molecular flexibility index (Phi) is 6.29. The fraction of sp³-hybridized carbons (Fsp3) is 0.353. The first kappa shape index (κ1) is 17.1. The quantitative estimate of drug-likeness (QED) is 0.630. The van der Waals surface area contributed by atoms with Gasteiger partial charge in [0, 0.05) is 25.7 Å². The molecule has 1 heterocycles. The topological polar surface area (TPSA) is 57.1 Å². The molecular formula is C17H23N3O2S. The highest BCUT2D eigenvalue weighted by Crippen LogP contribution is 2.29. The molecule has 2 rings (SSSR count). The zero-order valence-electron chi connectivity index (χ0n) is 13.7. The number of ether oxygens (including phenoxy) is 1. The summed E-state index contributed by atoms with van der Waals surface area (Å²) in [4.78, 5) is 6.69. The van der Waals surface area contributed by atoms with Gasteiger partial charge in [0.25, 0.3) is 0 Å². The molecule has 0 bridgehead atoms. The summed E-state index contributed by atoms with van der Waals surface area (Å²) in [6.07, 6.45) is 0. The molecule has 0 spiro atoms. The van der Waals surface area contributed by atoms with E-state index in [0.717, 1.165) is 24.6 Å². The Morgan fingerprint density at radius 1 is 1.39 bits per heavy atom. The molecule has 6 heteroatoms. The molecule has 0 aliphatic heterocycles. The lowest BCUT2D eigenvalue weighted by molar-refractivity contribution is 0.370. The van der Waals surface area contributed by atoms with Crippen molar-refractivity contribution in [2.45, 2.75) is 20.0 Å². The van der Waals surface area contributed by atoms with Gasteiger partial charge in [0.15, 0.2) is 17.5 Å². The molecule has 23 heavy (non-hydrogen) atoms. The SMILES string of the molecule is CCNC(=NCc1cccc(OC)c1O)N(C)Cc1ccsc1. The van der Waals surface area contributed by atoms with Gasteiger partial charge in [-0.1, -0.05) is 12.1 Å². The number of aromatic hydroxyl groups is 1. The number of nitrogens with zero attached hydrogens (tertiary/aromatic N) is 2. The summed E-state index contributed by atoms with van der Waals surface area (Å²) in [7, 11) is 3.55. The fourth-order valence-corrected chi connectivity index (χ4v) is 2.88. The maximum atomic E-state index is 10.2. The lowest BCUT2D eigenvalue weighted by Gasteiger charge is -2.21. The van der Waals surface area contributed by atoms with E-state index in [4.69, 9.17) is 4.74 Å². The standard InChI is InChI=1S/C17H23N3O2S/c1-4-18-17(20(2)11-13-8-9-23-12-13)19-10-14-6-5-7-15(22-3)16(14)21/h5-9,12,21H,4,10-11H2,1-3H3,(H,18,19). The van der Waals surface area contributed by atoms with Crippen molar-refractivity contribution in [1.82, 2.24) is 10.2 Å². The summed E-state index contributed by atoms with van der Waals surface area (Å²) >= 11 is 1.69. The van der Waals surface area contributed by atoms with Crippen LogP contribution in [-0.2, 0) is 13.1 Å². The number of hydrogen-bond donors (Lipinski definition) is 2. The second-order valence-corrected chi connectivity index (χ2v) is 5.91. The number of aliphatic imine (C=N–C) groups is 1. The van der Waals surface area contributed by atoms with Crippen molar-refractivity contribution in [3.63, 3.8) is 0 Å². The van der Waals surface area contributed by atoms with Crippen LogP contribution in [0.5, 0.6) is 11.5 Å². The Morgan fingerprint density at radius 3 is 2.87 bits per heavy atom. The Bertz CT molecular complexity index is 641. The zero-order valence-corrected chi connectivity index (χ0v) is 14.6. The Hall–Kier alpha value is -2.21. The molecule has 2 aromatic rings. The molecule has 1 aromatic heterocycles. The molecule has 0 aliphatic carbocycles. The predicted octanol–water partition coefficient (Wildman–Crippen LogP) is 3.06. The van der Waals surface area contributed by atoms with E-state index in [0.29, 0.717) is 12.3 Å². The van der Waals surface area contributed by atoms with Gasteiger partial charge in [-0.15, -0.1) is 0 Å². The molecule has 0 atom stereocenters. The summed E-state index contributed by atoms with van der Waals surface area (Å²) in [6, 6.07) is 7.55. The van der Waals surface area contributed by atoms with Crippen LogP contribution in [0.4, 0.5) is 0 Å². The minimum Gasteiger partial charge on any atom is -0.504 e. The predicted molar refractivity (Wildman–Crippen MR) is 95.3 cm³/mol. The number of phenolic OH excluding ortho intramolecular Hbond substituents is 1. The van der Waals surface area contributed by atoms with Crippen molar-refractivity contribution >= 4 is 17.3 Å². The van der Waals surface area contributed by atoms with Crippen LogP contribution in [-0.4, -0.2) is 36.7 Å². The van der Waals surface area contributed by atoms with E-state index < -0.39 is 0 Å². The number of phenols is 1. The normalized spacial score (nSPS) is 11.3. The molecule has 2 N–H and O–H groups in total. The van der Waals surface area contributed by atoms with Crippen LogP contribution in [0.3, 0.4) is 0 Å². The van der Waals surface area contributed by atoms with Crippen LogP contribution in [0.2, 0.25) is 0 Å². The van der Waals surface area contributed by atoms with Gasteiger partial charge < -0.3 is 20.1 Å². The molecule has 0 unspecified atom stereocenters. The van der Waals surface area contributed by atoms with E-state index >= 15 is 0 Å². The number of para-hydroxylation sites is 1. The zero-order chi connectivity index (χ0) is 16.7. The van der Waals surface area contributed by atoms with Gasteiger partial charge in [-0.2, -0.15) is 11.3 Å². The van der Waals surface area contributed by atoms with Crippen LogP contribution < -0.4 is 10.1 Å². The smallest absolute Gasteiger partial charge is 0.194 e. The van der Waals surface area contributed by atoms with Crippen LogP contribution in [0.15, 0.2) is 40.0 Å². The van der Waals surface area contributed by atoms with Gasteiger partial charge in [0.05, 0.1) is 13.7 Å². The van der Waals surface area contributed by atoms with E-state index in [-0.39, 0.29) is 5.75 Å². The van der Waals surface area contributed by atoms with Gasteiger partial charge >= 0.3 is 0 Å². The molecule has 0 saturated carbocycles. The van der Waals surface area contributed by atoms with Gasteiger partial charge in [-0.3, -0.25) is 0 Å². The monoisotopic (exact) mass is 333 g/mol. The Morgan fingerprint density at radius 2 is 2.22 bits per heavy atom. The molecule has 124 valence electrons. The number of thiophene rings is 1. The van der Waals surface area contributed by atoms with Gasteiger partial charge in [0.2, 0.25) is 0 Å². The second kappa shape index (κ2) is 8.43. The molecule has 0 saturated heterocycles. The number of benzene rings is 1. The fourth-order valence-electron chi connectivity index (χ4n) is 2.22. The van der Waals surface area contributed by atoms with Crippen molar-refractivity contribution in [2.75, 3.05) is 20.7 Å². The van der Waals surface area contributed by atoms with Crippen molar-refractivity contribution in [3.05, 3.63) is 46.2 Å². The van der Waals surface area contributed by atoms with Crippen LogP contribution in [0.1, 0.15) is 18.1 Å². The molecular weight excluding hydrogens is 310 g/mol. The third-order valence-electron chi connectivity index (χ3n) is 3.40. The van der Waals surface area contributed by atoms with Gasteiger partial charge in [-0.05, 0) is 35.4 Å². The molecule has 0 radical (unpaired) electrons. The van der Waals surface area contributed by atoms with E-state index in [1.807, 2.05) is 26.1 Å². The number of guanidine groups is 1. The average Bonchev–Trinajstić information content (AvgIpc) is 3.05.